The molecule has 7 heteroatoms. The third-order valence-corrected chi connectivity index (χ3v) is 5.49. The monoisotopic (exact) mass is 373 g/mol. The standard InChI is InChI=1S/C19H23N3O3S/c1-25-10-9-22-13-15(7-8-17(22)23)18(24)20-11-16-12-21-19(26-16)14-5-3-2-4-6-14/h2-6,12,15H,7-11,13H2,1H3,(H,20,24)/t15-/m1/s1. The maximum atomic E-state index is 12.5. The fourth-order valence-electron chi connectivity index (χ4n) is 2.97. The van der Waals surface area contributed by atoms with Gasteiger partial charge in [0, 0.05) is 43.3 Å². The average molecular weight is 373 g/mol. The molecule has 0 unspecified atom stereocenters. The van der Waals surface area contributed by atoms with Crippen LogP contribution in [-0.4, -0.2) is 48.5 Å². The predicted molar refractivity (Wildman–Crippen MR) is 101 cm³/mol. The molecule has 2 aromatic rings. The van der Waals surface area contributed by atoms with E-state index in [1.807, 2.05) is 36.5 Å². The van der Waals surface area contributed by atoms with E-state index in [1.165, 1.54) is 0 Å². The summed E-state index contributed by atoms with van der Waals surface area (Å²) < 4.78 is 5.03. The van der Waals surface area contributed by atoms with Gasteiger partial charge in [0.1, 0.15) is 5.01 Å². The summed E-state index contributed by atoms with van der Waals surface area (Å²) in [5, 5.41) is 3.94. The maximum absolute atomic E-state index is 12.5. The van der Waals surface area contributed by atoms with Gasteiger partial charge in [0.2, 0.25) is 11.8 Å². The zero-order valence-corrected chi connectivity index (χ0v) is 15.6. The van der Waals surface area contributed by atoms with Crippen LogP contribution in [0.2, 0.25) is 0 Å². The number of piperidine rings is 1. The Morgan fingerprint density at radius 2 is 2.19 bits per heavy atom. The summed E-state index contributed by atoms with van der Waals surface area (Å²) in [5.41, 5.74) is 1.08. The van der Waals surface area contributed by atoms with Gasteiger partial charge in [0.15, 0.2) is 0 Å². The zero-order valence-electron chi connectivity index (χ0n) is 14.8. The summed E-state index contributed by atoms with van der Waals surface area (Å²) in [5.74, 6) is -0.0679. The van der Waals surface area contributed by atoms with Crippen LogP contribution in [0, 0.1) is 5.92 Å². The van der Waals surface area contributed by atoms with Gasteiger partial charge in [-0.1, -0.05) is 30.3 Å². The second-order valence-corrected chi connectivity index (χ2v) is 7.40. The third-order valence-electron chi connectivity index (χ3n) is 4.45. The minimum absolute atomic E-state index is 0.00502. The molecule has 26 heavy (non-hydrogen) atoms. The highest BCUT2D eigenvalue weighted by Crippen LogP contribution is 2.25. The van der Waals surface area contributed by atoms with Gasteiger partial charge in [-0.25, -0.2) is 4.98 Å². The Balaban J connectivity index is 1.52. The fraction of sp³-hybridized carbons (Fsp3) is 0.421. The van der Waals surface area contributed by atoms with Crippen LogP contribution in [0.4, 0.5) is 0 Å². The molecule has 0 radical (unpaired) electrons. The SMILES string of the molecule is COCCN1C[C@H](C(=O)NCc2cnc(-c3ccccc3)s2)CCC1=O. The first-order chi connectivity index (χ1) is 12.7. The molecule has 1 aliphatic heterocycles. The first kappa shape index (κ1) is 18.5. The molecular weight excluding hydrogens is 350 g/mol. The van der Waals surface area contributed by atoms with Crippen molar-refractivity contribution in [3.05, 3.63) is 41.4 Å². The van der Waals surface area contributed by atoms with Crippen molar-refractivity contribution < 1.29 is 14.3 Å². The molecule has 1 N–H and O–H groups in total. The quantitative estimate of drug-likeness (QED) is 0.808. The van der Waals surface area contributed by atoms with E-state index < -0.39 is 0 Å². The first-order valence-electron chi connectivity index (χ1n) is 8.72. The number of likely N-dealkylation sites (tertiary alicyclic amines) is 1. The molecule has 2 heterocycles. The van der Waals surface area contributed by atoms with E-state index in [-0.39, 0.29) is 17.7 Å². The van der Waals surface area contributed by atoms with Gasteiger partial charge < -0.3 is 15.0 Å². The lowest BCUT2D eigenvalue weighted by Crippen LogP contribution is -2.46. The number of ether oxygens (including phenoxy) is 1. The van der Waals surface area contributed by atoms with E-state index in [1.54, 1.807) is 23.3 Å². The van der Waals surface area contributed by atoms with Crippen molar-refractivity contribution in [3.63, 3.8) is 0 Å². The van der Waals surface area contributed by atoms with Crippen molar-refractivity contribution in [1.29, 1.82) is 0 Å². The lowest BCUT2D eigenvalue weighted by atomic mass is 9.96. The van der Waals surface area contributed by atoms with Crippen LogP contribution in [0.1, 0.15) is 17.7 Å². The minimum Gasteiger partial charge on any atom is -0.383 e. The van der Waals surface area contributed by atoms with Crippen molar-refractivity contribution in [2.24, 2.45) is 5.92 Å². The number of rotatable bonds is 7. The number of methoxy groups -OCH3 is 1. The second-order valence-electron chi connectivity index (χ2n) is 6.28. The van der Waals surface area contributed by atoms with Gasteiger partial charge in [-0.15, -0.1) is 11.3 Å². The molecule has 0 aliphatic carbocycles. The van der Waals surface area contributed by atoms with Crippen molar-refractivity contribution in [2.45, 2.75) is 19.4 Å². The Hall–Kier alpha value is -2.25. The molecule has 3 rings (SSSR count). The number of benzene rings is 1. The Morgan fingerprint density at radius 1 is 1.38 bits per heavy atom. The molecule has 0 bridgehead atoms. The van der Waals surface area contributed by atoms with Crippen molar-refractivity contribution in [1.82, 2.24) is 15.2 Å². The Kier molecular flexibility index (Phi) is 6.35. The van der Waals surface area contributed by atoms with Crippen molar-refractivity contribution >= 4 is 23.2 Å². The zero-order chi connectivity index (χ0) is 18.4. The van der Waals surface area contributed by atoms with E-state index in [0.717, 1.165) is 15.4 Å². The number of carbonyl (C=O) groups is 2. The molecule has 6 nitrogen and oxygen atoms in total. The number of carbonyl (C=O) groups excluding carboxylic acids is 2. The molecule has 1 fully saturated rings. The van der Waals surface area contributed by atoms with Gasteiger partial charge in [0.25, 0.3) is 0 Å². The van der Waals surface area contributed by atoms with Crippen LogP contribution in [0.5, 0.6) is 0 Å². The van der Waals surface area contributed by atoms with Crippen molar-refractivity contribution in [3.8, 4) is 10.6 Å². The summed E-state index contributed by atoms with van der Waals surface area (Å²) in [7, 11) is 1.61. The molecule has 1 saturated heterocycles. The number of nitrogens with zero attached hydrogens (tertiary/aromatic N) is 2. The highest BCUT2D eigenvalue weighted by molar-refractivity contribution is 7.15. The van der Waals surface area contributed by atoms with E-state index in [0.29, 0.717) is 39.1 Å². The first-order valence-corrected chi connectivity index (χ1v) is 9.53. The smallest absolute Gasteiger partial charge is 0.225 e. The number of nitrogens with one attached hydrogen (secondary N) is 1. The van der Waals surface area contributed by atoms with Crippen LogP contribution < -0.4 is 5.32 Å². The van der Waals surface area contributed by atoms with Crippen LogP contribution in [0.3, 0.4) is 0 Å². The lowest BCUT2D eigenvalue weighted by Gasteiger charge is -2.31. The number of thiazole rings is 1. The molecule has 138 valence electrons. The van der Waals surface area contributed by atoms with E-state index in [9.17, 15) is 9.59 Å². The second kappa shape index (κ2) is 8.91. The number of amides is 2. The molecule has 0 saturated carbocycles. The molecule has 1 aromatic heterocycles. The summed E-state index contributed by atoms with van der Waals surface area (Å²) in [6, 6.07) is 9.99. The van der Waals surface area contributed by atoms with Crippen LogP contribution in [0.25, 0.3) is 10.6 Å². The van der Waals surface area contributed by atoms with E-state index in [2.05, 4.69) is 10.3 Å². The van der Waals surface area contributed by atoms with Crippen LogP contribution in [0.15, 0.2) is 36.5 Å². The molecular formula is C19H23N3O3S. The van der Waals surface area contributed by atoms with Gasteiger partial charge in [-0.05, 0) is 6.42 Å². The van der Waals surface area contributed by atoms with Crippen molar-refractivity contribution in [2.75, 3.05) is 26.8 Å². The van der Waals surface area contributed by atoms with Gasteiger partial charge in [-0.3, -0.25) is 9.59 Å². The largest absolute Gasteiger partial charge is 0.383 e. The van der Waals surface area contributed by atoms with E-state index >= 15 is 0 Å². The van der Waals surface area contributed by atoms with Gasteiger partial charge in [-0.2, -0.15) is 0 Å². The number of hydrogen-bond acceptors (Lipinski definition) is 5. The Labute approximate surface area is 157 Å². The molecule has 1 aromatic carbocycles. The highest BCUT2D eigenvalue weighted by atomic mass is 32.1. The molecule has 1 aliphatic rings. The topological polar surface area (TPSA) is 71.5 Å². The molecule has 1 atom stereocenters. The molecule has 2 amide bonds. The summed E-state index contributed by atoms with van der Waals surface area (Å²) in [4.78, 5) is 31.6. The normalized spacial score (nSPS) is 17.3. The Morgan fingerprint density at radius 3 is 2.96 bits per heavy atom. The van der Waals surface area contributed by atoms with E-state index in [4.69, 9.17) is 4.74 Å². The summed E-state index contributed by atoms with van der Waals surface area (Å²) in [6.07, 6.45) is 2.83. The van der Waals surface area contributed by atoms with Gasteiger partial charge >= 0.3 is 0 Å². The fourth-order valence-corrected chi connectivity index (χ4v) is 3.83. The number of aromatic nitrogens is 1. The number of hydrogen-bond donors (Lipinski definition) is 1. The Bertz CT molecular complexity index is 747. The van der Waals surface area contributed by atoms with Crippen LogP contribution in [-0.2, 0) is 20.9 Å². The predicted octanol–water partition coefficient (Wildman–Crippen LogP) is 2.31. The van der Waals surface area contributed by atoms with Crippen LogP contribution >= 0.6 is 11.3 Å². The summed E-state index contributed by atoms with van der Waals surface area (Å²) in [6.45, 7) is 1.95. The maximum Gasteiger partial charge on any atom is 0.225 e. The lowest BCUT2D eigenvalue weighted by molar-refractivity contribution is -0.138. The molecule has 0 spiro atoms. The minimum atomic E-state index is -0.161. The highest BCUT2D eigenvalue weighted by Gasteiger charge is 2.29. The van der Waals surface area contributed by atoms with Gasteiger partial charge in [0.05, 0.1) is 19.1 Å². The third kappa shape index (κ3) is 4.68. The average Bonchev–Trinajstić information content (AvgIpc) is 3.15. The summed E-state index contributed by atoms with van der Waals surface area (Å²) >= 11 is 1.58.